The first-order valence-corrected chi connectivity index (χ1v) is 7.33. The maximum absolute atomic E-state index is 12.4. The normalized spacial score (nSPS) is 17.3. The molecule has 1 aliphatic rings. The predicted octanol–water partition coefficient (Wildman–Crippen LogP) is 5.13. The average Bonchev–Trinajstić information content (AvgIpc) is 2.66. The average molecular weight is 300 g/mol. The molecule has 0 saturated heterocycles. The van der Waals surface area contributed by atoms with Crippen molar-refractivity contribution in [3.8, 4) is 5.75 Å². The number of Topliss-reactive ketones (excluding diaryl/α,β-unsaturated/α-hetero) is 1. The Bertz CT molecular complexity index is 475. The predicted molar refractivity (Wildman–Crippen MR) is 73.3 cm³/mol. The first kappa shape index (κ1) is 15.9. The number of hydrogen-bond donors (Lipinski definition) is 0. The fourth-order valence-electron chi connectivity index (χ4n) is 2.85. The molecule has 116 valence electrons. The second-order valence-electron chi connectivity index (χ2n) is 5.53. The van der Waals surface area contributed by atoms with Crippen LogP contribution in [-0.4, -0.2) is 12.1 Å². The summed E-state index contributed by atoms with van der Waals surface area (Å²) in [6.07, 6.45) is 2.03. The van der Waals surface area contributed by atoms with E-state index >= 15 is 0 Å². The molecule has 1 aliphatic carbocycles. The van der Waals surface area contributed by atoms with E-state index in [0.717, 1.165) is 25.7 Å². The number of para-hydroxylation sites is 1. The van der Waals surface area contributed by atoms with E-state index in [4.69, 9.17) is 0 Å². The van der Waals surface area contributed by atoms with Gasteiger partial charge >= 0.3 is 6.36 Å². The summed E-state index contributed by atoms with van der Waals surface area (Å²) in [4.78, 5) is 12.3. The molecule has 0 bridgehead atoms. The van der Waals surface area contributed by atoms with Crippen molar-refractivity contribution in [3.63, 3.8) is 0 Å². The van der Waals surface area contributed by atoms with Crippen molar-refractivity contribution in [1.29, 1.82) is 0 Å². The van der Waals surface area contributed by atoms with Crippen molar-refractivity contribution in [1.82, 2.24) is 0 Å². The van der Waals surface area contributed by atoms with Crippen LogP contribution in [0.5, 0.6) is 5.75 Å². The van der Waals surface area contributed by atoms with Gasteiger partial charge in [0.25, 0.3) is 0 Å². The SMILES string of the molecule is O=C(CC1CCCCCC1)c1ccccc1OC(F)(F)F. The first-order valence-electron chi connectivity index (χ1n) is 7.33. The minimum Gasteiger partial charge on any atom is -0.405 e. The van der Waals surface area contributed by atoms with Gasteiger partial charge in [-0.3, -0.25) is 4.79 Å². The fraction of sp³-hybridized carbons (Fsp3) is 0.562. The molecule has 0 N–H and O–H groups in total. The lowest BCUT2D eigenvalue weighted by atomic mass is 9.92. The number of alkyl halides is 3. The third-order valence-corrected chi connectivity index (χ3v) is 3.86. The van der Waals surface area contributed by atoms with E-state index < -0.39 is 12.1 Å². The Hall–Kier alpha value is -1.52. The van der Waals surface area contributed by atoms with Gasteiger partial charge in [-0.1, -0.05) is 50.7 Å². The molecule has 1 fully saturated rings. The van der Waals surface area contributed by atoms with E-state index in [-0.39, 0.29) is 17.3 Å². The first-order chi connectivity index (χ1) is 9.96. The number of ether oxygens (including phenoxy) is 1. The molecule has 21 heavy (non-hydrogen) atoms. The van der Waals surface area contributed by atoms with E-state index in [0.29, 0.717) is 6.42 Å². The zero-order chi connectivity index (χ0) is 15.3. The summed E-state index contributed by atoms with van der Waals surface area (Å²) in [6, 6.07) is 5.58. The molecule has 1 aromatic rings. The molecule has 0 unspecified atom stereocenters. The van der Waals surface area contributed by atoms with Gasteiger partial charge in [-0.25, -0.2) is 0 Å². The molecular formula is C16H19F3O2. The zero-order valence-electron chi connectivity index (χ0n) is 11.8. The summed E-state index contributed by atoms with van der Waals surface area (Å²) in [5, 5.41) is 0. The van der Waals surface area contributed by atoms with Crippen LogP contribution in [0, 0.1) is 5.92 Å². The summed E-state index contributed by atoms with van der Waals surface area (Å²) in [5.74, 6) is -0.385. The second-order valence-corrected chi connectivity index (χ2v) is 5.53. The third-order valence-electron chi connectivity index (χ3n) is 3.86. The van der Waals surface area contributed by atoms with Gasteiger partial charge in [-0.15, -0.1) is 13.2 Å². The van der Waals surface area contributed by atoms with Crippen LogP contribution in [-0.2, 0) is 0 Å². The Morgan fingerprint density at radius 2 is 1.71 bits per heavy atom. The van der Waals surface area contributed by atoms with E-state index in [1.165, 1.54) is 31.0 Å². The standard InChI is InChI=1S/C16H19F3O2/c17-16(18,19)21-15-10-6-5-9-13(15)14(20)11-12-7-3-1-2-4-8-12/h5-6,9-10,12H,1-4,7-8,11H2. The number of benzene rings is 1. The van der Waals surface area contributed by atoms with Crippen LogP contribution in [0.15, 0.2) is 24.3 Å². The van der Waals surface area contributed by atoms with Gasteiger partial charge < -0.3 is 4.74 Å². The number of halogens is 3. The van der Waals surface area contributed by atoms with E-state index in [1.807, 2.05) is 0 Å². The summed E-state index contributed by atoms with van der Waals surface area (Å²) in [5.41, 5.74) is 0.0269. The van der Waals surface area contributed by atoms with Crippen molar-refractivity contribution in [2.75, 3.05) is 0 Å². The zero-order valence-corrected chi connectivity index (χ0v) is 11.8. The number of carbonyl (C=O) groups is 1. The molecule has 1 aromatic carbocycles. The van der Waals surface area contributed by atoms with Crippen molar-refractivity contribution >= 4 is 5.78 Å². The summed E-state index contributed by atoms with van der Waals surface area (Å²) >= 11 is 0. The van der Waals surface area contributed by atoms with E-state index in [9.17, 15) is 18.0 Å². The molecule has 0 heterocycles. The van der Waals surface area contributed by atoms with Gasteiger partial charge in [-0.05, 0) is 18.1 Å². The highest BCUT2D eigenvalue weighted by molar-refractivity contribution is 5.98. The van der Waals surface area contributed by atoms with Crippen molar-refractivity contribution in [2.24, 2.45) is 5.92 Å². The molecule has 0 aliphatic heterocycles. The second kappa shape index (κ2) is 6.96. The van der Waals surface area contributed by atoms with Crippen LogP contribution in [0.4, 0.5) is 13.2 Å². The van der Waals surface area contributed by atoms with Crippen LogP contribution in [0.1, 0.15) is 55.3 Å². The molecular weight excluding hydrogens is 281 g/mol. The summed E-state index contributed by atoms with van der Waals surface area (Å²) in [7, 11) is 0. The maximum Gasteiger partial charge on any atom is 0.573 e. The highest BCUT2D eigenvalue weighted by Gasteiger charge is 2.33. The largest absolute Gasteiger partial charge is 0.573 e. The fourth-order valence-corrected chi connectivity index (χ4v) is 2.85. The highest BCUT2D eigenvalue weighted by atomic mass is 19.4. The Balaban J connectivity index is 2.07. The topological polar surface area (TPSA) is 26.3 Å². The minimum absolute atomic E-state index is 0.0269. The monoisotopic (exact) mass is 300 g/mol. The van der Waals surface area contributed by atoms with Gasteiger partial charge in [-0.2, -0.15) is 0 Å². The van der Waals surface area contributed by atoms with Crippen LogP contribution >= 0.6 is 0 Å². The lowest BCUT2D eigenvalue weighted by Gasteiger charge is -2.15. The van der Waals surface area contributed by atoms with Crippen LogP contribution in [0.25, 0.3) is 0 Å². The molecule has 0 radical (unpaired) electrons. The van der Waals surface area contributed by atoms with Gasteiger partial charge in [0.05, 0.1) is 5.56 Å². The molecule has 2 nitrogen and oxygen atoms in total. The number of carbonyl (C=O) groups excluding carboxylic acids is 1. The number of ketones is 1. The van der Waals surface area contributed by atoms with Gasteiger partial charge in [0.1, 0.15) is 5.75 Å². The molecule has 0 spiro atoms. The molecule has 0 atom stereocenters. The lowest BCUT2D eigenvalue weighted by Crippen LogP contribution is -2.19. The Labute approximate surface area is 122 Å². The van der Waals surface area contributed by atoms with E-state index in [1.54, 1.807) is 6.07 Å². The molecule has 5 heteroatoms. The van der Waals surface area contributed by atoms with Crippen LogP contribution < -0.4 is 4.74 Å². The Kier molecular flexibility index (Phi) is 5.26. The molecule has 0 amide bonds. The van der Waals surface area contributed by atoms with Gasteiger partial charge in [0.2, 0.25) is 0 Å². The van der Waals surface area contributed by atoms with Crippen molar-refractivity contribution in [3.05, 3.63) is 29.8 Å². The van der Waals surface area contributed by atoms with E-state index in [2.05, 4.69) is 4.74 Å². The van der Waals surface area contributed by atoms with Crippen LogP contribution in [0.3, 0.4) is 0 Å². The van der Waals surface area contributed by atoms with Gasteiger partial charge in [0, 0.05) is 6.42 Å². The molecule has 2 rings (SSSR count). The molecule has 0 aromatic heterocycles. The minimum atomic E-state index is -4.78. The smallest absolute Gasteiger partial charge is 0.405 e. The Morgan fingerprint density at radius 3 is 2.33 bits per heavy atom. The summed E-state index contributed by atoms with van der Waals surface area (Å²) < 4.78 is 41.0. The number of hydrogen-bond acceptors (Lipinski definition) is 2. The van der Waals surface area contributed by atoms with Crippen molar-refractivity contribution < 1.29 is 22.7 Å². The van der Waals surface area contributed by atoms with Crippen molar-refractivity contribution in [2.45, 2.75) is 51.3 Å². The Morgan fingerprint density at radius 1 is 1.10 bits per heavy atom. The molecule has 1 saturated carbocycles. The van der Waals surface area contributed by atoms with Crippen LogP contribution in [0.2, 0.25) is 0 Å². The lowest BCUT2D eigenvalue weighted by molar-refractivity contribution is -0.274. The third kappa shape index (κ3) is 5.06. The van der Waals surface area contributed by atoms with Gasteiger partial charge in [0.15, 0.2) is 5.78 Å². The highest BCUT2D eigenvalue weighted by Crippen LogP contribution is 2.30. The summed E-state index contributed by atoms with van der Waals surface area (Å²) in [6.45, 7) is 0. The number of rotatable bonds is 4. The quantitative estimate of drug-likeness (QED) is 0.569. The maximum atomic E-state index is 12.4.